The van der Waals surface area contributed by atoms with Crippen LogP contribution in [0.4, 0.5) is 5.69 Å². The van der Waals surface area contributed by atoms with E-state index in [0.717, 1.165) is 12.2 Å². The van der Waals surface area contributed by atoms with Gasteiger partial charge in [-0.25, -0.2) is 4.79 Å². The van der Waals surface area contributed by atoms with Crippen molar-refractivity contribution in [3.63, 3.8) is 0 Å². The van der Waals surface area contributed by atoms with Crippen molar-refractivity contribution in [2.75, 3.05) is 11.9 Å². The number of aromatic carboxylic acids is 1. The molecule has 0 saturated carbocycles. The molecule has 1 aromatic rings. The maximum atomic E-state index is 10.8. The van der Waals surface area contributed by atoms with E-state index in [1.165, 1.54) is 83.1 Å². The molecule has 5 heteroatoms. The second kappa shape index (κ2) is 17.4. The van der Waals surface area contributed by atoms with Crippen molar-refractivity contribution in [2.45, 2.75) is 103 Å². The van der Waals surface area contributed by atoms with Gasteiger partial charge in [0.05, 0.1) is 5.56 Å². The molecule has 0 atom stereocenters. The Labute approximate surface area is 202 Å². The number of hydrogen-bond donors (Lipinski definition) is 2. The van der Waals surface area contributed by atoms with Crippen molar-refractivity contribution in [3.05, 3.63) is 29.8 Å². The Morgan fingerprint density at radius 3 is 1.59 bits per heavy atom. The van der Waals surface area contributed by atoms with Crippen LogP contribution in [-0.4, -0.2) is 55.3 Å². The van der Waals surface area contributed by atoms with E-state index in [-0.39, 0.29) is 29.6 Å². The van der Waals surface area contributed by atoms with Gasteiger partial charge in [0.15, 0.2) is 0 Å². The molecule has 0 saturated heterocycles. The molecule has 0 heterocycles. The van der Waals surface area contributed by atoms with Crippen LogP contribution in [0, 0.1) is 0 Å². The van der Waals surface area contributed by atoms with Gasteiger partial charge in [0, 0.05) is 49.9 Å². The summed E-state index contributed by atoms with van der Waals surface area (Å²) in [6, 6.07) is 8.49. The molecule has 3 nitrogen and oxygen atoms in total. The molecule has 0 unspecified atom stereocenters. The van der Waals surface area contributed by atoms with E-state index in [0.29, 0.717) is 5.56 Å². The molecule has 1 radical (unpaired) electrons. The number of nitrogens with one attached hydrogen (secondary N) is 1. The Balaban J connectivity index is 0.00000784. The predicted molar refractivity (Wildman–Crippen MR) is 131 cm³/mol. The quantitative estimate of drug-likeness (QED) is 0.200. The SMILES string of the molecule is C[Si](C)(C)CCCCCCCCCCCCCCNc1ccc(C(=O)O)cc1.[Na]. The molecule has 1 rings (SSSR count). The van der Waals surface area contributed by atoms with Gasteiger partial charge in [-0.05, 0) is 30.7 Å². The number of rotatable bonds is 17. The molecule has 0 bridgehead atoms. The molecular formula is C24H43NNaO2Si. The number of hydrogen-bond acceptors (Lipinski definition) is 2. The molecule has 161 valence electrons. The predicted octanol–water partition coefficient (Wildman–Crippen LogP) is 7.44. The normalized spacial score (nSPS) is 11.1. The van der Waals surface area contributed by atoms with Crippen LogP contribution in [-0.2, 0) is 0 Å². The van der Waals surface area contributed by atoms with Crippen molar-refractivity contribution >= 4 is 49.3 Å². The van der Waals surface area contributed by atoms with E-state index >= 15 is 0 Å². The van der Waals surface area contributed by atoms with Crippen LogP contribution in [0.1, 0.15) is 87.4 Å². The van der Waals surface area contributed by atoms with E-state index in [9.17, 15) is 4.79 Å². The van der Waals surface area contributed by atoms with Crippen LogP contribution in [0.3, 0.4) is 0 Å². The number of carboxylic acids is 1. The largest absolute Gasteiger partial charge is 0.478 e. The summed E-state index contributed by atoms with van der Waals surface area (Å²) in [7, 11) is -0.807. The third-order valence-electron chi connectivity index (χ3n) is 5.31. The average molecular weight is 429 g/mol. The maximum Gasteiger partial charge on any atom is 0.335 e. The first-order valence-electron chi connectivity index (χ1n) is 11.5. The van der Waals surface area contributed by atoms with Gasteiger partial charge in [0.1, 0.15) is 0 Å². The smallest absolute Gasteiger partial charge is 0.335 e. The molecule has 0 fully saturated rings. The first-order chi connectivity index (χ1) is 13.4. The number of carbonyl (C=O) groups is 1. The van der Waals surface area contributed by atoms with Crippen molar-refractivity contribution in [2.24, 2.45) is 0 Å². The Morgan fingerprint density at radius 1 is 0.759 bits per heavy atom. The second-order valence-electron chi connectivity index (χ2n) is 9.36. The molecule has 1 aromatic carbocycles. The number of unbranched alkanes of at least 4 members (excludes halogenated alkanes) is 11. The molecule has 29 heavy (non-hydrogen) atoms. The number of carboxylic acid groups (broad SMARTS) is 1. The molecule has 0 aliphatic carbocycles. The van der Waals surface area contributed by atoms with Gasteiger partial charge in [-0.15, -0.1) is 0 Å². The summed E-state index contributed by atoms with van der Waals surface area (Å²) >= 11 is 0. The molecule has 0 aromatic heterocycles. The Hall–Kier alpha value is -0.293. The first kappa shape index (κ1) is 28.7. The summed E-state index contributed by atoms with van der Waals surface area (Å²) in [6.07, 6.45) is 16.6. The molecule has 0 amide bonds. The van der Waals surface area contributed by atoms with E-state index in [1.807, 2.05) is 12.1 Å². The van der Waals surface area contributed by atoms with Crippen molar-refractivity contribution in [3.8, 4) is 0 Å². The summed E-state index contributed by atoms with van der Waals surface area (Å²) in [4.78, 5) is 10.8. The summed E-state index contributed by atoms with van der Waals surface area (Å²) in [6.45, 7) is 8.39. The monoisotopic (exact) mass is 428 g/mol. The van der Waals surface area contributed by atoms with E-state index in [1.54, 1.807) is 12.1 Å². The summed E-state index contributed by atoms with van der Waals surface area (Å²) in [5, 5.41) is 12.3. The minimum absolute atomic E-state index is 0. The Bertz CT molecular complexity index is 529. The fourth-order valence-electron chi connectivity index (χ4n) is 3.51. The van der Waals surface area contributed by atoms with Crippen LogP contribution < -0.4 is 5.32 Å². The Kier molecular flexibility index (Phi) is 17.2. The van der Waals surface area contributed by atoms with Gasteiger partial charge in [0.2, 0.25) is 0 Å². The molecule has 2 N–H and O–H groups in total. The van der Waals surface area contributed by atoms with Crippen molar-refractivity contribution in [1.29, 1.82) is 0 Å². The average Bonchev–Trinajstić information content (AvgIpc) is 2.64. The van der Waals surface area contributed by atoms with Crippen LogP contribution in [0.2, 0.25) is 25.7 Å². The van der Waals surface area contributed by atoms with Gasteiger partial charge in [-0.1, -0.05) is 96.3 Å². The van der Waals surface area contributed by atoms with Crippen LogP contribution in [0.15, 0.2) is 24.3 Å². The van der Waals surface area contributed by atoms with Gasteiger partial charge in [0.25, 0.3) is 0 Å². The molecular weight excluding hydrogens is 385 g/mol. The Morgan fingerprint density at radius 2 is 1.17 bits per heavy atom. The van der Waals surface area contributed by atoms with Crippen molar-refractivity contribution < 1.29 is 9.90 Å². The zero-order valence-electron chi connectivity index (χ0n) is 19.6. The third-order valence-corrected chi connectivity index (χ3v) is 7.17. The van der Waals surface area contributed by atoms with E-state index in [2.05, 4.69) is 25.0 Å². The third kappa shape index (κ3) is 17.1. The van der Waals surface area contributed by atoms with E-state index < -0.39 is 14.0 Å². The zero-order chi connectivity index (χ0) is 20.7. The van der Waals surface area contributed by atoms with Crippen LogP contribution in [0.25, 0.3) is 0 Å². The topological polar surface area (TPSA) is 49.3 Å². The molecule has 0 spiro atoms. The summed E-state index contributed by atoms with van der Waals surface area (Å²) in [5.41, 5.74) is 1.35. The maximum absolute atomic E-state index is 10.8. The van der Waals surface area contributed by atoms with Crippen molar-refractivity contribution in [1.82, 2.24) is 0 Å². The van der Waals surface area contributed by atoms with Crippen LogP contribution >= 0.6 is 0 Å². The minimum atomic E-state index is -0.871. The van der Waals surface area contributed by atoms with Crippen LogP contribution in [0.5, 0.6) is 0 Å². The van der Waals surface area contributed by atoms with Gasteiger partial charge in [-0.2, -0.15) is 0 Å². The van der Waals surface area contributed by atoms with E-state index in [4.69, 9.17) is 5.11 Å². The number of anilines is 1. The first-order valence-corrected chi connectivity index (χ1v) is 15.2. The second-order valence-corrected chi connectivity index (χ2v) is 15.0. The zero-order valence-corrected chi connectivity index (χ0v) is 22.6. The standard InChI is InChI=1S/C24H43NO2Si.Na/c1-28(2,3)21-15-13-11-9-7-5-4-6-8-10-12-14-20-25-23-18-16-22(17-19-23)24(26)27;/h16-19,25H,4-15,20-21H2,1-3H3,(H,26,27);. The fourth-order valence-corrected chi connectivity index (χ4v) is 4.82. The van der Waals surface area contributed by atoms with Gasteiger partial charge >= 0.3 is 5.97 Å². The minimum Gasteiger partial charge on any atom is -0.478 e. The molecule has 0 aliphatic rings. The van der Waals surface area contributed by atoms with Gasteiger partial charge in [-0.3, -0.25) is 0 Å². The summed E-state index contributed by atoms with van der Waals surface area (Å²) < 4.78 is 0. The number of benzene rings is 1. The summed E-state index contributed by atoms with van der Waals surface area (Å²) in [5.74, 6) is -0.871. The molecule has 0 aliphatic heterocycles. The van der Waals surface area contributed by atoms with Gasteiger partial charge < -0.3 is 10.4 Å². The fraction of sp³-hybridized carbons (Fsp3) is 0.708.